The maximum Gasteiger partial charge on any atom is 0.345 e. The quantitative estimate of drug-likeness (QED) is 0.0928. The first kappa shape index (κ1) is 44.3. The number of ether oxygens (including phenoxy) is 4. The van der Waals surface area contributed by atoms with E-state index >= 15 is 0 Å². The van der Waals surface area contributed by atoms with Crippen LogP contribution in [-0.2, 0) is 17.8 Å². The van der Waals surface area contributed by atoms with Crippen molar-refractivity contribution < 1.29 is 42.0 Å². The number of pyridine rings is 1. The number of para-hydroxylation sites is 2. The molecule has 1 atom stereocenters. The van der Waals surface area contributed by atoms with Crippen LogP contribution in [0.2, 0.25) is 5.02 Å². The van der Waals surface area contributed by atoms with Gasteiger partial charge in [-0.25, -0.2) is 27.9 Å². The van der Waals surface area contributed by atoms with E-state index < -0.39 is 29.5 Å². The zero-order chi connectivity index (χ0) is 44.9. The van der Waals surface area contributed by atoms with E-state index in [0.29, 0.717) is 84.8 Å². The van der Waals surface area contributed by atoms with Gasteiger partial charge in [-0.2, -0.15) is 4.37 Å². The molecule has 64 heavy (non-hydrogen) atoms. The molecule has 0 radical (unpaired) electrons. The van der Waals surface area contributed by atoms with Crippen LogP contribution in [0.5, 0.6) is 23.1 Å². The minimum Gasteiger partial charge on any atom is -0.496 e. The number of carbonyl (C=O) groups is 1. The Bertz CT molecular complexity index is 2800. The first-order valence-corrected chi connectivity index (χ1v) is 21.5. The van der Waals surface area contributed by atoms with Gasteiger partial charge >= 0.3 is 5.97 Å². The van der Waals surface area contributed by atoms with Gasteiger partial charge in [0, 0.05) is 62.7 Å². The van der Waals surface area contributed by atoms with Gasteiger partial charge in [-0.15, -0.1) is 0 Å². The van der Waals surface area contributed by atoms with E-state index in [4.69, 9.17) is 30.5 Å². The Kier molecular flexibility index (Phi) is 13.6. The van der Waals surface area contributed by atoms with Crippen molar-refractivity contribution in [3.05, 3.63) is 131 Å². The fourth-order valence-corrected chi connectivity index (χ4v) is 8.39. The van der Waals surface area contributed by atoms with E-state index in [2.05, 4.69) is 36.2 Å². The van der Waals surface area contributed by atoms with Crippen LogP contribution in [0.3, 0.4) is 0 Å². The van der Waals surface area contributed by atoms with Crippen LogP contribution >= 0.6 is 23.1 Å². The van der Waals surface area contributed by atoms with Crippen LogP contribution in [0.15, 0.2) is 91.3 Å². The third kappa shape index (κ3) is 9.60. The average Bonchev–Trinajstić information content (AvgIpc) is 3.72. The van der Waals surface area contributed by atoms with Crippen molar-refractivity contribution >= 4 is 39.2 Å². The first-order chi connectivity index (χ1) is 31.0. The molecule has 4 aromatic carbocycles. The number of nitrogens with zero attached hydrogens (tertiary/aromatic N) is 6. The van der Waals surface area contributed by atoms with Crippen molar-refractivity contribution in [2.75, 3.05) is 53.5 Å². The maximum atomic E-state index is 14.8. The Hall–Kier alpha value is -6.33. The Balaban J connectivity index is 1.11. The van der Waals surface area contributed by atoms with Gasteiger partial charge in [0.05, 0.1) is 39.2 Å². The van der Waals surface area contributed by atoms with E-state index in [1.54, 1.807) is 62.7 Å². The number of halogens is 4. The molecule has 0 amide bonds. The number of piperazine rings is 1. The van der Waals surface area contributed by atoms with Crippen LogP contribution in [0.25, 0.3) is 43.9 Å². The number of hydrogen-bond acceptors (Lipinski definition) is 12. The normalized spacial score (nSPS) is 13.8. The first-order valence-electron chi connectivity index (χ1n) is 20.3. The molecule has 1 aliphatic rings. The molecular weight excluding hydrogens is 869 g/mol. The second-order valence-electron chi connectivity index (χ2n) is 15.1. The molecular formula is C47H42ClF3N6O6S. The summed E-state index contributed by atoms with van der Waals surface area (Å²) in [5.41, 5.74) is 3.10. The number of carboxylic acids is 1. The smallest absolute Gasteiger partial charge is 0.345 e. The monoisotopic (exact) mass is 910 g/mol. The third-order valence-electron chi connectivity index (χ3n) is 11.0. The number of aromatic nitrogens is 4. The summed E-state index contributed by atoms with van der Waals surface area (Å²) in [5.74, 6) is -3.91. The third-order valence-corrected chi connectivity index (χ3v) is 12.2. The minimum atomic E-state index is -1.63. The number of carboxylic acid groups (broad SMARTS) is 1. The summed E-state index contributed by atoms with van der Waals surface area (Å²) >= 11 is 7.98. The van der Waals surface area contributed by atoms with E-state index in [1.165, 1.54) is 6.20 Å². The molecule has 4 heterocycles. The van der Waals surface area contributed by atoms with Gasteiger partial charge in [0.15, 0.2) is 23.3 Å². The fourth-order valence-electron chi connectivity index (χ4n) is 7.48. The van der Waals surface area contributed by atoms with Gasteiger partial charge in [0.2, 0.25) is 12.0 Å². The highest BCUT2D eigenvalue weighted by Crippen LogP contribution is 2.46. The summed E-state index contributed by atoms with van der Waals surface area (Å²) in [6.07, 6.45) is 1.43. The number of aliphatic carboxylic acids is 1. The van der Waals surface area contributed by atoms with E-state index in [1.807, 2.05) is 24.3 Å². The highest BCUT2D eigenvalue weighted by molar-refractivity contribution is 7.13. The lowest BCUT2D eigenvalue weighted by atomic mass is 9.93. The molecule has 1 aliphatic heterocycles. The molecule has 0 aliphatic carbocycles. The fraction of sp³-hybridized carbons (Fsp3) is 0.255. The molecule has 0 spiro atoms. The molecule has 1 saturated heterocycles. The lowest BCUT2D eigenvalue weighted by molar-refractivity contribution is -0.145. The Morgan fingerprint density at radius 3 is 2.39 bits per heavy atom. The van der Waals surface area contributed by atoms with E-state index in [-0.39, 0.29) is 30.2 Å². The highest BCUT2D eigenvalue weighted by Gasteiger charge is 2.29. The molecule has 330 valence electrons. The molecule has 1 unspecified atom stereocenters. The number of benzene rings is 4. The molecule has 12 nitrogen and oxygen atoms in total. The predicted octanol–water partition coefficient (Wildman–Crippen LogP) is 9.15. The highest BCUT2D eigenvalue weighted by atomic mass is 35.5. The summed E-state index contributed by atoms with van der Waals surface area (Å²) in [5, 5.41) is 11.2. The van der Waals surface area contributed by atoms with E-state index in [9.17, 15) is 23.1 Å². The van der Waals surface area contributed by atoms with Crippen molar-refractivity contribution in [2.24, 2.45) is 0 Å². The van der Waals surface area contributed by atoms with E-state index in [0.717, 1.165) is 49.8 Å². The molecule has 7 aromatic rings. The second-order valence-corrected chi connectivity index (χ2v) is 16.3. The minimum absolute atomic E-state index is 0.0444. The van der Waals surface area contributed by atoms with Crippen molar-refractivity contribution in [3.63, 3.8) is 0 Å². The molecule has 1 N–H and O–H groups in total. The van der Waals surface area contributed by atoms with Crippen LogP contribution in [0.4, 0.5) is 13.2 Å². The lowest BCUT2D eigenvalue weighted by Gasteiger charge is -2.32. The number of methoxy groups -OCH3 is 1. The zero-order valence-electron chi connectivity index (χ0n) is 35.0. The van der Waals surface area contributed by atoms with Crippen molar-refractivity contribution in [2.45, 2.75) is 26.1 Å². The number of fused-ring (bicyclic) bond motifs is 1. The summed E-state index contributed by atoms with van der Waals surface area (Å²) in [6, 6.07) is 21.2. The zero-order valence-corrected chi connectivity index (χ0v) is 36.6. The van der Waals surface area contributed by atoms with Crippen LogP contribution in [0, 0.1) is 24.4 Å². The van der Waals surface area contributed by atoms with Gasteiger partial charge in [0.25, 0.3) is 0 Å². The Morgan fingerprint density at radius 1 is 0.906 bits per heavy atom. The lowest BCUT2D eigenvalue weighted by Crippen LogP contribution is -2.45. The summed E-state index contributed by atoms with van der Waals surface area (Å²) in [7, 11) is 3.66. The molecule has 8 rings (SSSR count). The summed E-state index contributed by atoms with van der Waals surface area (Å²) in [4.78, 5) is 31.2. The molecule has 3 aromatic heterocycles. The van der Waals surface area contributed by atoms with Crippen molar-refractivity contribution in [1.82, 2.24) is 29.1 Å². The van der Waals surface area contributed by atoms with Crippen LogP contribution in [-0.4, -0.2) is 99.8 Å². The predicted molar refractivity (Wildman–Crippen MR) is 238 cm³/mol. The van der Waals surface area contributed by atoms with Gasteiger partial charge in [-0.1, -0.05) is 48.0 Å². The van der Waals surface area contributed by atoms with Gasteiger partial charge < -0.3 is 29.0 Å². The maximum absolute atomic E-state index is 14.8. The standard InChI is InChI=1S/C47H42ClF3N6O6S/c1-27-31(12-13-37(42(27)48)61-21-20-57-18-16-56(2)17-19-57)40-41-39(25-53-44(40)29-22-33(49)43(51)34(50)23-29)64-55-46(41)63-38(47(58)59)24-28-8-4-6-10-35(28)62-26-30-14-15-52-45(54-30)32-9-5-7-11-36(32)60-3/h4-15,22-23,25,38H,16-21,24,26H2,1-3H3,(H,58,59). The van der Waals surface area contributed by atoms with Crippen molar-refractivity contribution in [3.8, 4) is 56.9 Å². The van der Waals surface area contributed by atoms with Crippen LogP contribution < -0.4 is 18.9 Å². The molecule has 0 bridgehead atoms. The van der Waals surface area contributed by atoms with Crippen molar-refractivity contribution in [1.29, 1.82) is 0 Å². The summed E-state index contributed by atoms with van der Waals surface area (Å²) < 4.78 is 73.0. The second kappa shape index (κ2) is 19.6. The molecule has 1 fully saturated rings. The number of rotatable bonds is 16. The molecule has 17 heteroatoms. The van der Waals surface area contributed by atoms with Gasteiger partial charge in [0.1, 0.15) is 30.5 Å². The molecule has 0 saturated carbocycles. The Labute approximate surface area is 376 Å². The Morgan fingerprint density at radius 2 is 1.64 bits per heavy atom. The topological polar surface area (TPSA) is 132 Å². The van der Waals surface area contributed by atoms with Crippen LogP contribution in [0.1, 0.15) is 16.8 Å². The average molecular weight is 911 g/mol. The SMILES string of the molecule is COc1ccccc1-c1nccc(COc2ccccc2CC(Oc2nsc3cnc(-c4cc(F)c(F)c(F)c4)c(-c4ccc(OCCN5CCN(C)CC5)c(Cl)c4C)c23)C(=O)O)n1. The largest absolute Gasteiger partial charge is 0.496 e. The van der Waals surface area contributed by atoms with Gasteiger partial charge in [-0.3, -0.25) is 9.88 Å². The number of likely N-dealkylation sites (N-methyl/N-ethyl adjacent to an activating group) is 1. The van der Waals surface area contributed by atoms with Gasteiger partial charge in [-0.05, 0) is 84.7 Å². The number of hydrogen-bond donors (Lipinski definition) is 1. The summed E-state index contributed by atoms with van der Waals surface area (Å²) in [6.45, 7) is 6.69.